The molecule has 1 aromatic heterocycles. The lowest BCUT2D eigenvalue weighted by Crippen LogP contribution is -1.98. The van der Waals surface area contributed by atoms with Gasteiger partial charge in [0.25, 0.3) is 0 Å². The van der Waals surface area contributed by atoms with E-state index in [0.29, 0.717) is 17.9 Å². The Kier molecular flexibility index (Phi) is 10.4. The molecule has 3 heteroatoms. The number of benzene rings is 2. The van der Waals surface area contributed by atoms with Crippen molar-refractivity contribution in [2.45, 2.75) is 78.1 Å². The van der Waals surface area contributed by atoms with Crippen molar-refractivity contribution in [2.75, 3.05) is 6.61 Å². The van der Waals surface area contributed by atoms with Crippen molar-refractivity contribution in [1.82, 2.24) is 4.98 Å². The van der Waals surface area contributed by atoms with Crippen molar-refractivity contribution in [3.8, 4) is 28.1 Å². The maximum absolute atomic E-state index is 14.7. The molecule has 33 heavy (non-hydrogen) atoms. The van der Waals surface area contributed by atoms with E-state index in [4.69, 9.17) is 4.74 Å². The molecule has 0 aliphatic heterocycles. The van der Waals surface area contributed by atoms with Gasteiger partial charge in [-0.15, -0.1) is 0 Å². The topological polar surface area (TPSA) is 22.1 Å². The fourth-order valence-electron chi connectivity index (χ4n) is 4.03. The molecule has 0 amide bonds. The van der Waals surface area contributed by atoms with Crippen LogP contribution in [0.4, 0.5) is 4.39 Å². The number of aromatic nitrogens is 1. The zero-order valence-electron chi connectivity index (χ0n) is 20.3. The summed E-state index contributed by atoms with van der Waals surface area (Å²) in [6.07, 6.45) is 14.0. The van der Waals surface area contributed by atoms with E-state index in [0.717, 1.165) is 36.1 Å². The van der Waals surface area contributed by atoms with E-state index in [2.05, 4.69) is 31.0 Å². The molecule has 3 aromatic rings. The minimum Gasteiger partial charge on any atom is -0.493 e. The number of pyridine rings is 1. The van der Waals surface area contributed by atoms with Gasteiger partial charge in [0.2, 0.25) is 0 Å². The predicted octanol–water partition coefficient (Wildman–Crippen LogP) is 9.03. The van der Waals surface area contributed by atoms with E-state index in [-0.39, 0.29) is 5.82 Å². The summed E-state index contributed by atoms with van der Waals surface area (Å²) >= 11 is 0. The van der Waals surface area contributed by atoms with Crippen LogP contribution in [0.15, 0.2) is 60.8 Å². The highest BCUT2D eigenvalue weighted by Gasteiger charge is 2.08. The van der Waals surface area contributed by atoms with Crippen LogP contribution in [0.3, 0.4) is 0 Å². The number of hydrogen-bond acceptors (Lipinski definition) is 2. The number of hydrogen-bond donors (Lipinski definition) is 0. The molecule has 2 aromatic carbocycles. The van der Waals surface area contributed by atoms with Crippen LogP contribution in [-0.2, 0) is 6.42 Å². The number of nitrogens with zero attached hydrogens (tertiary/aromatic N) is 1. The minimum atomic E-state index is -0.253. The summed E-state index contributed by atoms with van der Waals surface area (Å²) < 4.78 is 20.5. The highest BCUT2D eigenvalue weighted by atomic mass is 19.1. The summed E-state index contributed by atoms with van der Waals surface area (Å²) in [7, 11) is 0. The first-order valence-corrected chi connectivity index (χ1v) is 12.7. The van der Waals surface area contributed by atoms with Gasteiger partial charge in [-0.1, -0.05) is 89.1 Å². The second-order valence-corrected chi connectivity index (χ2v) is 8.84. The van der Waals surface area contributed by atoms with Gasteiger partial charge in [0.1, 0.15) is 11.6 Å². The maximum Gasteiger partial charge on any atom is 0.134 e. The molecule has 0 N–H and O–H groups in total. The van der Waals surface area contributed by atoms with Crippen molar-refractivity contribution in [3.05, 3.63) is 72.2 Å². The van der Waals surface area contributed by atoms with Crippen LogP contribution in [0, 0.1) is 5.82 Å². The maximum atomic E-state index is 14.7. The third-order valence-corrected chi connectivity index (χ3v) is 6.09. The lowest BCUT2D eigenvalue weighted by molar-refractivity contribution is 0.303. The number of halogens is 1. The van der Waals surface area contributed by atoms with E-state index < -0.39 is 0 Å². The van der Waals surface area contributed by atoms with Crippen LogP contribution in [0.25, 0.3) is 22.4 Å². The molecule has 0 bridgehead atoms. The first-order valence-electron chi connectivity index (χ1n) is 12.7. The van der Waals surface area contributed by atoms with E-state index in [1.807, 2.05) is 42.6 Å². The third kappa shape index (κ3) is 7.99. The van der Waals surface area contributed by atoms with Crippen LogP contribution in [0.2, 0.25) is 0 Å². The molecular weight excluding hydrogens is 409 g/mol. The average molecular weight is 448 g/mol. The predicted molar refractivity (Wildman–Crippen MR) is 137 cm³/mol. The molecular formula is C30H38FNO. The molecule has 0 saturated carbocycles. The summed E-state index contributed by atoms with van der Waals surface area (Å²) in [5, 5.41) is 0. The van der Waals surface area contributed by atoms with Gasteiger partial charge in [0, 0.05) is 23.4 Å². The second-order valence-electron chi connectivity index (χ2n) is 8.84. The fourth-order valence-corrected chi connectivity index (χ4v) is 4.03. The molecule has 0 atom stereocenters. The van der Waals surface area contributed by atoms with E-state index in [1.54, 1.807) is 0 Å². The second kappa shape index (κ2) is 13.8. The van der Waals surface area contributed by atoms with Gasteiger partial charge in [-0.05, 0) is 48.6 Å². The molecule has 2 nitrogen and oxygen atoms in total. The van der Waals surface area contributed by atoms with E-state index in [1.165, 1.54) is 56.6 Å². The van der Waals surface area contributed by atoms with Gasteiger partial charge in [-0.3, -0.25) is 4.98 Å². The molecule has 1 heterocycles. The Balaban J connectivity index is 1.56. The summed E-state index contributed by atoms with van der Waals surface area (Å²) in [5.74, 6) is 0.346. The zero-order valence-corrected chi connectivity index (χ0v) is 20.3. The number of ether oxygens (including phenoxy) is 1. The van der Waals surface area contributed by atoms with Crippen LogP contribution in [0.1, 0.15) is 77.2 Å². The van der Waals surface area contributed by atoms with Gasteiger partial charge in [0.05, 0.1) is 12.3 Å². The van der Waals surface area contributed by atoms with Gasteiger partial charge in [0.15, 0.2) is 0 Å². The van der Waals surface area contributed by atoms with Crippen molar-refractivity contribution in [1.29, 1.82) is 0 Å². The first kappa shape index (κ1) is 25.0. The molecule has 0 fully saturated rings. The molecule has 3 rings (SSSR count). The zero-order chi connectivity index (χ0) is 23.3. The van der Waals surface area contributed by atoms with E-state index >= 15 is 0 Å². The Morgan fingerprint density at radius 3 is 2.09 bits per heavy atom. The molecule has 0 aliphatic carbocycles. The average Bonchev–Trinajstić information content (AvgIpc) is 2.85. The molecule has 176 valence electrons. The normalized spacial score (nSPS) is 11.0. The summed E-state index contributed by atoms with van der Waals surface area (Å²) in [6.45, 7) is 5.08. The van der Waals surface area contributed by atoms with Crippen LogP contribution in [-0.4, -0.2) is 11.6 Å². The Bertz CT molecular complexity index is 950. The standard InChI is InChI=1S/C30H38FNO/c1-3-5-7-9-11-21-33-27-18-19-28(29(31)22-27)25-14-16-26(17-15-25)30-20-13-24(23-32-30)12-10-8-6-4-2/h13-20,22-23H,3-12,21H2,1-2H3. The third-order valence-electron chi connectivity index (χ3n) is 6.09. The molecule has 0 unspecified atom stereocenters. The Morgan fingerprint density at radius 1 is 0.727 bits per heavy atom. The quantitative estimate of drug-likeness (QED) is 0.230. The fraction of sp³-hybridized carbons (Fsp3) is 0.433. The molecule has 0 radical (unpaired) electrons. The number of rotatable bonds is 14. The summed E-state index contributed by atoms with van der Waals surface area (Å²) in [4.78, 5) is 4.64. The van der Waals surface area contributed by atoms with Gasteiger partial charge < -0.3 is 4.74 Å². The summed E-state index contributed by atoms with van der Waals surface area (Å²) in [6, 6.07) is 17.4. The Morgan fingerprint density at radius 2 is 1.42 bits per heavy atom. The smallest absolute Gasteiger partial charge is 0.134 e. The lowest BCUT2D eigenvalue weighted by Gasteiger charge is -2.10. The first-order chi connectivity index (χ1) is 16.2. The van der Waals surface area contributed by atoms with Crippen LogP contribution < -0.4 is 4.74 Å². The SMILES string of the molecule is CCCCCCCOc1ccc(-c2ccc(-c3ccc(CCCCCC)cn3)cc2)c(F)c1. The van der Waals surface area contributed by atoms with Gasteiger partial charge >= 0.3 is 0 Å². The molecule has 0 saturated heterocycles. The summed E-state index contributed by atoms with van der Waals surface area (Å²) in [5.41, 5.74) is 4.72. The Hall–Kier alpha value is -2.68. The van der Waals surface area contributed by atoms with Crippen molar-refractivity contribution in [2.24, 2.45) is 0 Å². The largest absolute Gasteiger partial charge is 0.493 e. The molecule has 0 aliphatic rings. The van der Waals surface area contributed by atoms with E-state index in [9.17, 15) is 4.39 Å². The van der Waals surface area contributed by atoms with Crippen LogP contribution >= 0.6 is 0 Å². The lowest BCUT2D eigenvalue weighted by atomic mass is 10.0. The number of aryl methyl sites for hydroxylation is 1. The van der Waals surface area contributed by atoms with Gasteiger partial charge in [-0.25, -0.2) is 4.39 Å². The van der Waals surface area contributed by atoms with Crippen LogP contribution in [0.5, 0.6) is 5.75 Å². The van der Waals surface area contributed by atoms with Gasteiger partial charge in [-0.2, -0.15) is 0 Å². The number of unbranched alkanes of at least 4 members (excludes halogenated alkanes) is 7. The Labute approximate surface area is 199 Å². The van der Waals surface area contributed by atoms with Crippen molar-refractivity contribution < 1.29 is 9.13 Å². The van der Waals surface area contributed by atoms with Crippen molar-refractivity contribution >= 4 is 0 Å². The van der Waals surface area contributed by atoms with Crippen molar-refractivity contribution in [3.63, 3.8) is 0 Å². The molecule has 0 spiro atoms. The highest BCUT2D eigenvalue weighted by Crippen LogP contribution is 2.28. The highest BCUT2D eigenvalue weighted by molar-refractivity contribution is 5.69. The monoisotopic (exact) mass is 447 g/mol. The minimum absolute atomic E-state index is 0.253.